The Bertz CT molecular complexity index is 623. The molecule has 104 valence electrons. The molecule has 0 heterocycles. The van der Waals surface area contributed by atoms with Crippen molar-refractivity contribution < 1.29 is 9.90 Å². The zero-order valence-corrected chi connectivity index (χ0v) is 12.2. The van der Waals surface area contributed by atoms with Gasteiger partial charge < -0.3 is 5.11 Å². The summed E-state index contributed by atoms with van der Waals surface area (Å²) in [6.45, 7) is 2.18. The molecular weight excluding hydrogens is 272 g/mol. The van der Waals surface area contributed by atoms with Crippen molar-refractivity contribution in [3.63, 3.8) is 0 Å². The van der Waals surface area contributed by atoms with Crippen molar-refractivity contribution >= 4 is 23.1 Å². The van der Waals surface area contributed by atoms with Gasteiger partial charge in [0.25, 0.3) is 0 Å². The van der Waals surface area contributed by atoms with Gasteiger partial charge in [0.15, 0.2) is 0 Å². The number of carbonyl (C=O) groups is 1. The standard InChI is InChI=1S/C17H17ClO2/c1-10-2-3-12-8-16(17(19)20)15(9-14(10)12)11-4-6-13(18)7-5-11/h4-7,12H,2-3,8-9H2,1H3,(H,19,20). The number of fused-ring (bicyclic) bond motifs is 1. The van der Waals surface area contributed by atoms with E-state index in [0.29, 0.717) is 22.9 Å². The number of aliphatic carboxylic acids is 1. The summed E-state index contributed by atoms with van der Waals surface area (Å²) < 4.78 is 0. The lowest BCUT2D eigenvalue weighted by atomic mass is 9.78. The second-order valence-corrected chi connectivity index (χ2v) is 6.13. The van der Waals surface area contributed by atoms with Crippen LogP contribution in [0.1, 0.15) is 38.2 Å². The van der Waals surface area contributed by atoms with E-state index in [1.54, 1.807) is 0 Å². The minimum atomic E-state index is -0.779. The van der Waals surface area contributed by atoms with Crippen LogP contribution in [0.25, 0.3) is 5.57 Å². The molecule has 1 aromatic carbocycles. The van der Waals surface area contributed by atoms with Crippen molar-refractivity contribution in [1.29, 1.82) is 0 Å². The molecule has 1 atom stereocenters. The van der Waals surface area contributed by atoms with Crippen molar-refractivity contribution in [3.05, 3.63) is 51.6 Å². The van der Waals surface area contributed by atoms with Gasteiger partial charge in [-0.05, 0) is 61.8 Å². The van der Waals surface area contributed by atoms with E-state index < -0.39 is 5.97 Å². The quantitative estimate of drug-likeness (QED) is 0.801. The van der Waals surface area contributed by atoms with Gasteiger partial charge in [-0.15, -0.1) is 0 Å². The van der Waals surface area contributed by atoms with Crippen molar-refractivity contribution in [2.45, 2.75) is 32.6 Å². The van der Waals surface area contributed by atoms with E-state index in [4.69, 9.17) is 11.6 Å². The van der Waals surface area contributed by atoms with Crippen LogP contribution < -0.4 is 0 Å². The van der Waals surface area contributed by atoms with Crippen LogP contribution in [0.15, 0.2) is 41.0 Å². The van der Waals surface area contributed by atoms with Crippen molar-refractivity contribution in [2.75, 3.05) is 0 Å². The molecule has 2 aliphatic carbocycles. The molecule has 20 heavy (non-hydrogen) atoms. The van der Waals surface area contributed by atoms with Gasteiger partial charge in [-0.25, -0.2) is 4.79 Å². The summed E-state index contributed by atoms with van der Waals surface area (Å²) in [7, 11) is 0. The van der Waals surface area contributed by atoms with Gasteiger partial charge >= 0.3 is 5.97 Å². The molecule has 0 saturated carbocycles. The highest BCUT2D eigenvalue weighted by atomic mass is 35.5. The number of benzene rings is 1. The summed E-state index contributed by atoms with van der Waals surface area (Å²) in [5.74, 6) is -0.337. The van der Waals surface area contributed by atoms with Gasteiger partial charge in [-0.3, -0.25) is 0 Å². The first kappa shape index (κ1) is 13.4. The monoisotopic (exact) mass is 288 g/mol. The number of rotatable bonds is 2. The predicted molar refractivity (Wildman–Crippen MR) is 80.7 cm³/mol. The predicted octanol–water partition coefficient (Wildman–Crippen LogP) is 4.70. The number of hydrogen-bond acceptors (Lipinski definition) is 1. The SMILES string of the molecule is CC1=C2CC(c3ccc(Cl)cc3)=C(C(=O)O)CC2CC1. The number of carboxylic acids is 1. The molecule has 0 saturated heterocycles. The second kappa shape index (κ2) is 5.10. The number of allylic oxidation sites excluding steroid dienone is 3. The van der Waals surface area contributed by atoms with Crippen LogP contribution in [-0.2, 0) is 4.79 Å². The summed E-state index contributed by atoms with van der Waals surface area (Å²) in [5, 5.41) is 10.2. The number of halogens is 1. The first-order valence-electron chi connectivity index (χ1n) is 6.96. The number of carboxylic acid groups (broad SMARTS) is 1. The maximum Gasteiger partial charge on any atom is 0.331 e. The minimum Gasteiger partial charge on any atom is -0.478 e. The molecule has 0 radical (unpaired) electrons. The van der Waals surface area contributed by atoms with Crippen LogP contribution in [0, 0.1) is 5.92 Å². The molecule has 1 unspecified atom stereocenters. The third-order valence-corrected chi connectivity index (χ3v) is 4.79. The van der Waals surface area contributed by atoms with Crippen molar-refractivity contribution in [2.24, 2.45) is 5.92 Å². The second-order valence-electron chi connectivity index (χ2n) is 5.69. The fourth-order valence-electron chi connectivity index (χ4n) is 3.40. The molecule has 0 aliphatic heterocycles. The summed E-state index contributed by atoms with van der Waals surface area (Å²) in [5.41, 5.74) is 5.43. The highest BCUT2D eigenvalue weighted by Gasteiger charge is 2.33. The van der Waals surface area contributed by atoms with Gasteiger partial charge in [0.1, 0.15) is 0 Å². The highest BCUT2D eigenvalue weighted by Crippen LogP contribution is 2.46. The van der Waals surface area contributed by atoms with Gasteiger partial charge in [0.2, 0.25) is 0 Å². The van der Waals surface area contributed by atoms with Gasteiger partial charge in [0, 0.05) is 10.6 Å². The molecule has 0 bridgehead atoms. The van der Waals surface area contributed by atoms with Crippen molar-refractivity contribution in [1.82, 2.24) is 0 Å². The van der Waals surface area contributed by atoms with E-state index >= 15 is 0 Å². The topological polar surface area (TPSA) is 37.3 Å². The molecule has 0 spiro atoms. The summed E-state index contributed by atoms with van der Waals surface area (Å²) >= 11 is 5.92. The van der Waals surface area contributed by atoms with E-state index in [9.17, 15) is 9.90 Å². The minimum absolute atomic E-state index is 0.442. The van der Waals surface area contributed by atoms with E-state index in [1.807, 2.05) is 24.3 Å². The smallest absolute Gasteiger partial charge is 0.331 e. The fraction of sp³-hybridized carbons (Fsp3) is 0.353. The van der Waals surface area contributed by atoms with Gasteiger partial charge in [0.05, 0.1) is 0 Å². The molecular formula is C17H17ClO2. The Morgan fingerprint density at radius 2 is 2.00 bits per heavy atom. The molecule has 3 rings (SSSR count). The molecule has 1 N–H and O–H groups in total. The van der Waals surface area contributed by atoms with E-state index in [2.05, 4.69) is 6.92 Å². The van der Waals surface area contributed by atoms with E-state index in [0.717, 1.165) is 30.4 Å². The fourth-order valence-corrected chi connectivity index (χ4v) is 3.53. The third-order valence-electron chi connectivity index (χ3n) is 4.54. The van der Waals surface area contributed by atoms with E-state index in [1.165, 1.54) is 11.1 Å². The van der Waals surface area contributed by atoms with Crippen LogP contribution in [-0.4, -0.2) is 11.1 Å². The first-order chi connectivity index (χ1) is 9.56. The molecule has 2 aliphatic rings. The Hall–Kier alpha value is -1.54. The Morgan fingerprint density at radius 3 is 2.65 bits per heavy atom. The summed E-state index contributed by atoms with van der Waals surface area (Å²) in [6, 6.07) is 7.49. The molecule has 1 aromatic rings. The molecule has 0 aromatic heterocycles. The maximum absolute atomic E-state index is 11.6. The first-order valence-corrected chi connectivity index (χ1v) is 7.34. The van der Waals surface area contributed by atoms with Gasteiger partial charge in [-0.1, -0.05) is 34.9 Å². The van der Waals surface area contributed by atoms with Crippen LogP contribution in [0.3, 0.4) is 0 Å². The van der Waals surface area contributed by atoms with Crippen LogP contribution >= 0.6 is 11.6 Å². The largest absolute Gasteiger partial charge is 0.478 e. The van der Waals surface area contributed by atoms with Crippen LogP contribution in [0.2, 0.25) is 5.02 Å². The lowest BCUT2D eigenvalue weighted by Gasteiger charge is -2.26. The van der Waals surface area contributed by atoms with Crippen LogP contribution in [0.4, 0.5) is 0 Å². The lowest BCUT2D eigenvalue weighted by molar-refractivity contribution is -0.132. The average molecular weight is 289 g/mol. The highest BCUT2D eigenvalue weighted by molar-refractivity contribution is 6.30. The Kier molecular flexibility index (Phi) is 3.43. The zero-order valence-electron chi connectivity index (χ0n) is 11.4. The van der Waals surface area contributed by atoms with E-state index in [-0.39, 0.29) is 0 Å². The Balaban J connectivity index is 2.07. The summed E-state index contributed by atoms with van der Waals surface area (Å²) in [6.07, 6.45) is 3.66. The molecule has 3 heteroatoms. The molecule has 0 amide bonds. The normalized spacial score (nSPS) is 22.2. The van der Waals surface area contributed by atoms with Crippen LogP contribution in [0.5, 0.6) is 0 Å². The van der Waals surface area contributed by atoms with Crippen molar-refractivity contribution in [3.8, 4) is 0 Å². The summed E-state index contributed by atoms with van der Waals surface area (Å²) in [4.78, 5) is 11.6. The average Bonchev–Trinajstić information content (AvgIpc) is 2.79. The third kappa shape index (κ3) is 2.29. The Morgan fingerprint density at radius 1 is 1.30 bits per heavy atom. The zero-order chi connectivity index (χ0) is 14.3. The lowest BCUT2D eigenvalue weighted by Crippen LogP contribution is -2.16. The maximum atomic E-state index is 11.6. The number of hydrogen-bond donors (Lipinski definition) is 1. The van der Waals surface area contributed by atoms with Gasteiger partial charge in [-0.2, -0.15) is 0 Å². The molecule has 0 fully saturated rings. The Labute approximate surface area is 123 Å². The molecule has 2 nitrogen and oxygen atoms in total.